The van der Waals surface area contributed by atoms with Gasteiger partial charge in [0.1, 0.15) is 6.61 Å². The SMILES string of the molecule is C=CCN(CC=C)C(=O)[C@H]1OCC(=O)N(C)[C@@H]1c1ccccc1. The molecule has 5 heteroatoms. The van der Waals surface area contributed by atoms with Gasteiger partial charge in [-0.15, -0.1) is 13.2 Å². The summed E-state index contributed by atoms with van der Waals surface area (Å²) < 4.78 is 5.61. The van der Waals surface area contributed by atoms with Gasteiger partial charge in [-0.05, 0) is 5.56 Å². The maximum absolute atomic E-state index is 12.9. The van der Waals surface area contributed by atoms with E-state index in [-0.39, 0.29) is 18.4 Å². The van der Waals surface area contributed by atoms with Gasteiger partial charge in [0.05, 0.1) is 6.04 Å². The fourth-order valence-corrected chi connectivity index (χ4v) is 2.71. The molecule has 0 aliphatic carbocycles. The Hall–Kier alpha value is -2.40. The second-order valence-corrected chi connectivity index (χ2v) is 5.41. The average Bonchev–Trinajstić information content (AvgIpc) is 2.57. The first-order valence-corrected chi connectivity index (χ1v) is 7.53. The van der Waals surface area contributed by atoms with E-state index in [4.69, 9.17) is 4.74 Å². The molecule has 2 atom stereocenters. The standard InChI is InChI=1S/C18H22N2O3/c1-4-11-20(12-5-2)18(22)17-16(14-9-7-6-8-10-14)19(3)15(21)13-23-17/h4-10,16-17H,1-2,11-13H2,3H3/t16-,17+/m1/s1. The third-order valence-electron chi connectivity index (χ3n) is 3.88. The van der Waals surface area contributed by atoms with Crippen LogP contribution in [0.25, 0.3) is 0 Å². The monoisotopic (exact) mass is 314 g/mol. The van der Waals surface area contributed by atoms with E-state index in [1.807, 2.05) is 30.3 Å². The van der Waals surface area contributed by atoms with Gasteiger partial charge in [0.2, 0.25) is 5.91 Å². The molecule has 0 bridgehead atoms. The predicted octanol–water partition coefficient (Wildman–Crippen LogP) is 1.79. The summed E-state index contributed by atoms with van der Waals surface area (Å²) in [7, 11) is 1.70. The number of hydrogen-bond acceptors (Lipinski definition) is 3. The lowest BCUT2D eigenvalue weighted by atomic mass is 9.97. The highest BCUT2D eigenvalue weighted by molar-refractivity contribution is 5.86. The van der Waals surface area contributed by atoms with Gasteiger partial charge >= 0.3 is 0 Å². The molecule has 1 aliphatic rings. The summed E-state index contributed by atoms with van der Waals surface area (Å²) in [5.41, 5.74) is 0.874. The van der Waals surface area contributed by atoms with Gasteiger partial charge in [0, 0.05) is 20.1 Å². The van der Waals surface area contributed by atoms with Gasteiger partial charge in [0.25, 0.3) is 5.91 Å². The summed E-state index contributed by atoms with van der Waals surface area (Å²) in [6.45, 7) is 8.08. The van der Waals surface area contributed by atoms with E-state index < -0.39 is 12.1 Å². The molecule has 122 valence electrons. The van der Waals surface area contributed by atoms with Crippen LogP contribution < -0.4 is 0 Å². The molecular formula is C18H22N2O3. The van der Waals surface area contributed by atoms with Crippen LogP contribution in [-0.2, 0) is 14.3 Å². The van der Waals surface area contributed by atoms with Gasteiger partial charge < -0.3 is 14.5 Å². The average molecular weight is 314 g/mol. The first kappa shape index (κ1) is 17.0. The molecular weight excluding hydrogens is 292 g/mol. The highest BCUT2D eigenvalue weighted by Crippen LogP contribution is 2.30. The van der Waals surface area contributed by atoms with Crippen LogP contribution in [0.1, 0.15) is 11.6 Å². The summed E-state index contributed by atoms with van der Waals surface area (Å²) in [5.74, 6) is -0.306. The molecule has 0 saturated carbocycles. The minimum absolute atomic E-state index is 0.0910. The Labute approximate surface area is 136 Å². The number of benzene rings is 1. The van der Waals surface area contributed by atoms with E-state index in [2.05, 4.69) is 13.2 Å². The van der Waals surface area contributed by atoms with Crippen molar-refractivity contribution in [1.82, 2.24) is 9.80 Å². The topological polar surface area (TPSA) is 49.9 Å². The zero-order chi connectivity index (χ0) is 16.8. The molecule has 1 saturated heterocycles. The number of hydrogen-bond donors (Lipinski definition) is 0. The molecule has 5 nitrogen and oxygen atoms in total. The van der Waals surface area contributed by atoms with Crippen LogP contribution in [0, 0.1) is 0 Å². The Morgan fingerprint density at radius 2 is 1.91 bits per heavy atom. The van der Waals surface area contributed by atoms with Crippen LogP contribution in [0.5, 0.6) is 0 Å². The zero-order valence-corrected chi connectivity index (χ0v) is 13.4. The van der Waals surface area contributed by atoms with Crippen molar-refractivity contribution in [3.8, 4) is 0 Å². The minimum atomic E-state index is -0.736. The summed E-state index contributed by atoms with van der Waals surface area (Å²) in [6.07, 6.45) is 2.59. The molecule has 1 aliphatic heterocycles. The largest absolute Gasteiger partial charge is 0.356 e. The smallest absolute Gasteiger partial charge is 0.254 e. The Kier molecular flexibility index (Phi) is 5.71. The molecule has 1 aromatic carbocycles. The van der Waals surface area contributed by atoms with Gasteiger partial charge in [0.15, 0.2) is 6.10 Å². The summed E-state index contributed by atoms with van der Waals surface area (Å²) in [5, 5.41) is 0. The number of morpholine rings is 1. The number of amides is 2. The lowest BCUT2D eigenvalue weighted by Gasteiger charge is -2.40. The van der Waals surface area contributed by atoms with Crippen LogP contribution in [0.3, 0.4) is 0 Å². The van der Waals surface area contributed by atoms with Crippen molar-refractivity contribution >= 4 is 11.8 Å². The van der Waals surface area contributed by atoms with Crippen LogP contribution in [0.15, 0.2) is 55.6 Å². The number of rotatable bonds is 6. The van der Waals surface area contributed by atoms with E-state index in [0.29, 0.717) is 13.1 Å². The van der Waals surface area contributed by atoms with Gasteiger partial charge in [-0.2, -0.15) is 0 Å². The lowest BCUT2D eigenvalue weighted by Crippen LogP contribution is -2.54. The summed E-state index contributed by atoms with van der Waals surface area (Å²) in [6, 6.07) is 9.02. The van der Waals surface area contributed by atoms with E-state index in [1.54, 1.807) is 29.0 Å². The van der Waals surface area contributed by atoms with Gasteiger partial charge in [-0.25, -0.2) is 0 Å². The summed E-state index contributed by atoms with van der Waals surface area (Å²) in [4.78, 5) is 28.1. The molecule has 2 amide bonds. The van der Waals surface area contributed by atoms with E-state index in [9.17, 15) is 9.59 Å². The second kappa shape index (κ2) is 7.74. The van der Waals surface area contributed by atoms with Crippen LogP contribution in [-0.4, -0.2) is 54.5 Å². The molecule has 0 spiro atoms. The third kappa shape index (κ3) is 3.68. The van der Waals surface area contributed by atoms with E-state index in [0.717, 1.165) is 5.56 Å². The number of carbonyl (C=O) groups is 2. The van der Waals surface area contributed by atoms with Crippen LogP contribution in [0.4, 0.5) is 0 Å². The number of nitrogens with zero attached hydrogens (tertiary/aromatic N) is 2. The van der Waals surface area contributed by atoms with Crippen molar-refractivity contribution in [1.29, 1.82) is 0 Å². The molecule has 1 fully saturated rings. The Morgan fingerprint density at radius 3 is 2.48 bits per heavy atom. The number of ether oxygens (including phenoxy) is 1. The fourth-order valence-electron chi connectivity index (χ4n) is 2.71. The molecule has 23 heavy (non-hydrogen) atoms. The van der Waals surface area contributed by atoms with Crippen LogP contribution in [0.2, 0.25) is 0 Å². The fraction of sp³-hybridized carbons (Fsp3) is 0.333. The van der Waals surface area contributed by atoms with Crippen molar-refractivity contribution in [3.63, 3.8) is 0 Å². The van der Waals surface area contributed by atoms with E-state index >= 15 is 0 Å². The van der Waals surface area contributed by atoms with Crippen molar-refractivity contribution in [2.75, 3.05) is 26.7 Å². The normalized spacial score (nSPS) is 20.9. The quantitative estimate of drug-likeness (QED) is 0.752. The van der Waals surface area contributed by atoms with Crippen molar-refractivity contribution in [3.05, 3.63) is 61.2 Å². The van der Waals surface area contributed by atoms with Crippen molar-refractivity contribution in [2.45, 2.75) is 12.1 Å². The Morgan fingerprint density at radius 1 is 1.30 bits per heavy atom. The first-order chi connectivity index (χ1) is 11.1. The van der Waals surface area contributed by atoms with Gasteiger partial charge in [-0.3, -0.25) is 9.59 Å². The Bertz CT molecular complexity index is 575. The first-order valence-electron chi connectivity index (χ1n) is 7.53. The molecule has 0 unspecified atom stereocenters. The summed E-state index contributed by atoms with van der Waals surface area (Å²) >= 11 is 0. The molecule has 0 N–H and O–H groups in total. The minimum Gasteiger partial charge on any atom is -0.356 e. The predicted molar refractivity (Wildman–Crippen MR) is 88.7 cm³/mol. The molecule has 1 heterocycles. The highest BCUT2D eigenvalue weighted by atomic mass is 16.5. The molecule has 1 aromatic rings. The second-order valence-electron chi connectivity index (χ2n) is 5.41. The molecule has 0 aromatic heterocycles. The highest BCUT2D eigenvalue weighted by Gasteiger charge is 2.41. The molecule has 0 radical (unpaired) electrons. The zero-order valence-electron chi connectivity index (χ0n) is 13.4. The number of likely N-dealkylation sites (N-methyl/N-ethyl adjacent to an activating group) is 1. The van der Waals surface area contributed by atoms with Gasteiger partial charge in [-0.1, -0.05) is 42.5 Å². The van der Waals surface area contributed by atoms with Crippen molar-refractivity contribution in [2.24, 2.45) is 0 Å². The third-order valence-corrected chi connectivity index (χ3v) is 3.88. The number of carbonyl (C=O) groups excluding carboxylic acids is 2. The van der Waals surface area contributed by atoms with Crippen LogP contribution >= 0.6 is 0 Å². The Balaban J connectivity index is 2.33. The lowest BCUT2D eigenvalue weighted by molar-refractivity contribution is -0.166. The maximum atomic E-state index is 12.9. The van der Waals surface area contributed by atoms with E-state index in [1.165, 1.54) is 0 Å². The van der Waals surface area contributed by atoms with Crippen molar-refractivity contribution < 1.29 is 14.3 Å². The molecule has 2 rings (SSSR count). The maximum Gasteiger partial charge on any atom is 0.254 e.